The molecule has 0 amide bonds. The van der Waals surface area contributed by atoms with Gasteiger partial charge >= 0.3 is 0 Å². The zero-order chi connectivity index (χ0) is 26.2. The van der Waals surface area contributed by atoms with Gasteiger partial charge in [0.15, 0.2) is 0 Å². The fourth-order valence-corrected chi connectivity index (χ4v) is 8.65. The first-order chi connectivity index (χ1) is 19.8. The molecule has 4 heterocycles. The first-order valence-corrected chi connectivity index (χ1v) is 15.6. The smallest absolute Gasteiger partial charge is 0.0431 e. The van der Waals surface area contributed by atoms with Gasteiger partial charge in [0, 0.05) is 37.6 Å². The van der Waals surface area contributed by atoms with Crippen LogP contribution in [0.15, 0.2) is 72.8 Å². The fraction of sp³-hybridized carbons (Fsp3) is 0.316. The monoisotopic (exact) mass is 520 g/mol. The van der Waals surface area contributed by atoms with Crippen LogP contribution in [0.3, 0.4) is 0 Å². The van der Waals surface area contributed by atoms with Crippen LogP contribution in [-0.2, 0) is 25.7 Å². The van der Waals surface area contributed by atoms with Gasteiger partial charge in [-0.15, -0.1) is 0 Å². The summed E-state index contributed by atoms with van der Waals surface area (Å²) in [5.74, 6) is 0. The van der Waals surface area contributed by atoms with Crippen LogP contribution in [0, 0.1) is 0 Å². The summed E-state index contributed by atoms with van der Waals surface area (Å²) in [5, 5.41) is 5.55. The summed E-state index contributed by atoms with van der Waals surface area (Å²) < 4.78 is 0. The molecule has 0 atom stereocenters. The van der Waals surface area contributed by atoms with E-state index in [1.807, 2.05) is 0 Å². The Morgan fingerprint density at radius 3 is 1.00 bits per heavy atom. The van der Waals surface area contributed by atoms with Crippen molar-refractivity contribution in [3.8, 4) is 22.3 Å². The van der Waals surface area contributed by atoms with Gasteiger partial charge in [0.25, 0.3) is 0 Å². The van der Waals surface area contributed by atoms with Crippen LogP contribution in [0.4, 0.5) is 11.4 Å². The standard InChI is InChI=1S/C38H36N2/c1-2-14-32-31(13-1)35(29-21-25-9-5-17-39-18-6-10-26(22-29)37(25)39)33-15-3-4-16-34(33)36(32)30-23-27-11-7-19-40-20-8-12-28(24-30)38(27)40/h1-4,13-16,21-24H,5-12,17-20H2. The highest BCUT2D eigenvalue weighted by Gasteiger charge is 2.28. The summed E-state index contributed by atoms with van der Waals surface area (Å²) in [7, 11) is 0. The van der Waals surface area contributed by atoms with Gasteiger partial charge < -0.3 is 9.80 Å². The molecule has 0 spiro atoms. The number of anilines is 2. The van der Waals surface area contributed by atoms with Gasteiger partial charge in [-0.3, -0.25) is 0 Å². The number of hydrogen-bond acceptors (Lipinski definition) is 2. The predicted molar refractivity (Wildman–Crippen MR) is 170 cm³/mol. The highest BCUT2D eigenvalue weighted by Crippen LogP contribution is 2.48. The first kappa shape index (κ1) is 23.0. The molecule has 0 saturated carbocycles. The van der Waals surface area contributed by atoms with Crippen molar-refractivity contribution in [2.75, 3.05) is 36.0 Å². The lowest BCUT2D eigenvalue weighted by molar-refractivity contribution is 0.634. The van der Waals surface area contributed by atoms with Gasteiger partial charge in [-0.25, -0.2) is 0 Å². The molecule has 4 aliphatic rings. The van der Waals surface area contributed by atoms with E-state index < -0.39 is 0 Å². The van der Waals surface area contributed by atoms with Gasteiger partial charge in [-0.1, -0.05) is 48.5 Å². The van der Waals surface area contributed by atoms with Crippen molar-refractivity contribution in [1.29, 1.82) is 0 Å². The lowest BCUT2D eigenvalue weighted by atomic mass is 9.82. The zero-order valence-corrected chi connectivity index (χ0v) is 23.3. The third-order valence-electron chi connectivity index (χ3n) is 10.2. The number of hydrogen-bond donors (Lipinski definition) is 0. The SMILES string of the molecule is c1ccc2c(-c3cc4c5c(c3)CCCN5CCC4)c3ccccc3c(-c3cc4c5c(c3)CCCN5CCC4)c2c1. The van der Waals surface area contributed by atoms with Gasteiger partial charge in [0.2, 0.25) is 0 Å². The first-order valence-electron chi connectivity index (χ1n) is 15.6. The molecule has 0 saturated heterocycles. The average molecular weight is 521 g/mol. The van der Waals surface area contributed by atoms with Crippen molar-refractivity contribution < 1.29 is 0 Å². The van der Waals surface area contributed by atoms with E-state index in [0.29, 0.717) is 0 Å². The van der Waals surface area contributed by atoms with Crippen LogP contribution < -0.4 is 9.80 Å². The molecule has 5 aromatic rings. The van der Waals surface area contributed by atoms with Crippen LogP contribution in [0.25, 0.3) is 43.8 Å². The lowest BCUT2D eigenvalue weighted by Gasteiger charge is -2.37. The molecule has 2 nitrogen and oxygen atoms in total. The molecular weight excluding hydrogens is 484 g/mol. The van der Waals surface area contributed by atoms with Crippen molar-refractivity contribution in [3.63, 3.8) is 0 Å². The molecule has 40 heavy (non-hydrogen) atoms. The average Bonchev–Trinajstić information content (AvgIpc) is 3.00. The van der Waals surface area contributed by atoms with Crippen LogP contribution in [0.2, 0.25) is 0 Å². The minimum Gasteiger partial charge on any atom is -0.371 e. The van der Waals surface area contributed by atoms with E-state index in [-0.39, 0.29) is 0 Å². The molecule has 4 aliphatic heterocycles. The van der Waals surface area contributed by atoms with Crippen molar-refractivity contribution in [3.05, 3.63) is 95.1 Å². The minimum absolute atomic E-state index is 1.20. The second-order valence-corrected chi connectivity index (χ2v) is 12.5. The maximum absolute atomic E-state index is 2.66. The summed E-state index contributed by atoms with van der Waals surface area (Å²) in [6, 6.07) is 28.6. The lowest BCUT2D eigenvalue weighted by Crippen LogP contribution is -2.34. The Kier molecular flexibility index (Phi) is 5.09. The quantitative estimate of drug-likeness (QED) is 0.215. The number of fused-ring (bicyclic) bond motifs is 2. The molecule has 0 N–H and O–H groups in total. The summed E-state index contributed by atoms with van der Waals surface area (Å²) in [6.07, 6.45) is 9.90. The van der Waals surface area contributed by atoms with Crippen LogP contribution >= 0.6 is 0 Å². The van der Waals surface area contributed by atoms with Gasteiger partial charge in [-0.05, 0) is 142 Å². The van der Waals surface area contributed by atoms with E-state index in [1.54, 1.807) is 33.6 Å². The molecule has 0 radical (unpaired) electrons. The number of nitrogens with zero attached hydrogens (tertiary/aromatic N) is 2. The fourth-order valence-electron chi connectivity index (χ4n) is 8.65. The molecule has 0 aromatic heterocycles. The van der Waals surface area contributed by atoms with Gasteiger partial charge in [-0.2, -0.15) is 0 Å². The van der Waals surface area contributed by atoms with E-state index >= 15 is 0 Å². The van der Waals surface area contributed by atoms with Crippen molar-refractivity contribution >= 4 is 32.9 Å². The minimum atomic E-state index is 1.20. The normalized spacial score (nSPS) is 17.7. The zero-order valence-electron chi connectivity index (χ0n) is 23.3. The van der Waals surface area contributed by atoms with Crippen molar-refractivity contribution in [2.45, 2.75) is 51.4 Å². The molecule has 0 unspecified atom stereocenters. The Labute approximate surface area is 237 Å². The molecular formula is C38H36N2. The summed E-state index contributed by atoms with van der Waals surface area (Å²) in [4.78, 5) is 5.31. The topological polar surface area (TPSA) is 6.48 Å². The highest BCUT2D eigenvalue weighted by atomic mass is 15.1. The molecule has 0 bridgehead atoms. The Balaban J connectivity index is 1.34. The maximum Gasteiger partial charge on any atom is 0.0431 e. The van der Waals surface area contributed by atoms with E-state index in [1.165, 1.54) is 121 Å². The molecule has 5 aromatic carbocycles. The molecule has 198 valence electrons. The van der Waals surface area contributed by atoms with Crippen LogP contribution in [0.1, 0.15) is 47.9 Å². The number of benzene rings is 5. The largest absolute Gasteiger partial charge is 0.371 e. The molecule has 0 fully saturated rings. The summed E-state index contributed by atoms with van der Waals surface area (Å²) >= 11 is 0. The van der Waals surface area contributed by atoms with E-state index in [4.69, 9.17) is 0 Å². The number of rotatable bonds is 2. The van der Waals surface area contributed by atoms with Crippen molar-refractivity contribution in [1.82, 2.24) is 0 Å². The van der Waals surface area contributed by atoms with Crippen LogP contribution in [0.5, 0.6) is 0 Å². The molecule has 0 aliphatic carbocycles. The number of aryl methyl sites for hydroxylation is 4. The van der Waals surface area contributed by atoms with Gasteiger partial charge in [0.05, 0.1) is 0 Å². The van der Waals surface area contributed by atoms with E-state index in [0.717, 1.165) is 0 Å². The van der Waals surface area contributed by atoms with Crippen molar-refractivity contribution in [2.24, 2.45) is 0 Å². The molecule has 9 rings (SSSR count). The second-order valence-electron chi connectivity index (χ2n) is 12.5. The second kappa shape index (κ2) is 8.86. The predicted octanol–water partition coefficient (Wildman–Crippen LogP) is 8.72. The third-order valence-corrected chi connectivity index (χ3v) is 10.2. The third kappa shape index (κ3) is 3.35. The van der Waals surface area contributed by atoms with Crippen LogP contribution in [-0.4, -0.2) is 26.2 Å². The maximum atomic E-state index is 2.66. The highest BCUT2D eigenvalue weighted by molar-refractivity contribution is 6.21. The Bertz CT molecular complexity index is 1580. The Morgan fingerprint density at radius 1 is 0.400 bits per heavy atom. The van der Waals surface area contributed by atoms with E-state index in [9.17, 15) is 0 Å². The summed E-state index contributed by atoms with van der Waals surface area (Å²) in [5.41, 5.74) is 15.0. The molecule has 2 heteroatoms. The Hall–Kier alpha value is -3.78. The van der Waals surface area contributed by atoms with Gasteiger partial charge in [0.1, 0.15) is 0 Å². The summed E-state index contributed by atoms with van der Waals surface area (Å²) in [6.45, 7) is 4.89. The van der Waals surface area contributed by atoms with E-state index in [2.05, 4.69) is 82.6 Å². The Morgan fingerprint density at radius 2 is 0.700 bits per heavy atom.